The highest BCUT2D eigenvalue weighted by molar-refractivity contribution is 9.10. The van der Waals surface area contributed by atoms with E-state index in [1.165, 1.54) is 11.0 Å². The monoisotopic (exact) mass is 382 g/mol. The second-order valence-electron chi connectivity index (χ2n) is 5.69. The lowest BCUT2D eigenvalue weighted by atomic mass is 10.2. The molecule has 0 radical (unpaired) electrons. The molecule has 6 nitrogen and oxygen atoms in total. The molecule has 124 valence electrons. The van der Waals surface area contributed by atoms with Crippen LogP contribution in [-0.4, -0.2) is 33.5 Å². The number of carboxylic acid groups (broad SMARTS) is 1. The molecule has 2 aromatic heterocycles. The number of furan rings is 1. The molecule has 2 aromatic rings. The average molecular weight is 383 g/mol. The Labute approximate surface area is 142 Å². The second kappa shape index (κ2) is 6.62. The number of hydrogen-bond acceptors (Lipinski definition) is 3. The zero-order valence-electron chi connectivity index (χ0n) is 13.5. The van der Waals surface area contributed by atoms with Crippen molar-refractivity contribution in [2.75, 3.05) is 7.05 Å². The summed E-state index contributed by atoms with van der Waals surface area (Å²) in [7, 11) is 1.66. The van der Waals surface area contributed by atoms with E-state index in [4.69, 9.17) is 9.52 Å². The molecule has 0 bridgehead atoms. The predicted octanol–water partition coefficient (Wildman–Crippen LogP) is 3.70. The van der Waals surface area contributed by atoms with Crippen LogP contribution in [0.1, 0.15) is 52.3 Å². The van der Waals surface area contributed by atoms with Gasteiger partial charge < -0.3 is 19.0 Å². The Kier molecular flexibility index (Phi) is 4.99. The van der Waals surface area contributed by atoms with Crippen LogP contribution >= 0.6 is 15.9 Å². The molecule has 0 aliphatic heterocycles. The molecule has 23 heavy (non-hydrogen) atoms. The maximum atomic E-state index is 12.6. The van der Waals surface area contributed by atoms with E-state index in [2.05, 4.69) is 15.9 Å². The topological polar surface area (TPSA) is 75.7 Å². The van der Waals surface area contributed by atoms with Gasteiger partial charge in [0.25, 0.3) is 5.91 Å². The SMILES string of the molecule is Cc1oc(CN(C)C(=O)c2cc(Br)cn2C(C)C)cc1C(=O)O. The lowest BCUT2D eigenvalue weighted by Gasteiger charge is -2.18. The molecule has 7 heteroatoms. The van der Waals surface area contributed by atoms with Crippen molar-refractivity contribution in [2.24, 2.45) is 0 Å². The molecule has 0 spiro atoms. The zero-order valence-corrected chi connectivity index (χ0v) is 15.0. The van der Waals surface area contributed by atoms with Gasteiger partial charge in [0.1, 0.15) is 22.8 Å². The Bertz CT molecular complexity index is 745. The van der Waals surface area contributed by atoms with Crippen LogP contribution in [-0.2, 0) is 6.54 Å². The number of hydrogen-bond donors (Lipinski definition) is 1. The molecule has 0 unspecified atom stereocenters. The lowest BCUT2D eigenvalue weighted by Crippen LogP contribution is -2.28. The van der Waals surface area contributed by atoms with Crippen LogP contribution in [0, 0.1) is 6.92 Å². The van der Waals surface area contributed by atoms with E-state index in [1.807, 2.05) is 24.6 Å². The molecule has 0 atom stereocenters. The van der Waals surface area contributed by atoms with Crippen LogP contribution in [0.3, 0.4) is 0 Å². The Morgan fingerprint density at radius 2 is 2.04 bits per heavy atom. The number of amides is 1. The molecule has 1 amide bonds. The summed E-state index contributed by atoms with van der Waals surface area (Å²) in [6.45, 7) is 5.79. The van der Waals surface area contributed by atoms with Crippen molar-refractivity contribution in [3.05, 3.63) is 45.6 Å². The number of aromatic carboxylic acids is 1. The number of aromatic nitrogens is 1. The van der Waals surface area contributed by atoms with E-state index < -0.39 is 5.97 Å². The summed E-state index contributed by atoms with van der Waals surface area (Å²) in [4.78, 5) is 25.2. The van der Waals surface area contributed by atoms with E-state index in [1.54, 1.807) is 20.0 Å². The first kappa shape index (κ1) is 17.3. The first-order valence-electron chi connectivity index (χ1n) is 7.16. The summed E-state index contributed by atoms with van der Waals surface area (Å²) in [6, 6.07) is 3.38. The lowest BCUT2D eigenvalue weighted by molar-refractivity contribution is 0.0694. The molecule has 0 saturated carbocycles. The quantitative estimate of drug-likeness (QED) is 0.854. The highest BCUT2D eigenvalue weighted by Gasteiger charge is 2.21. The molecule has 0 aromatic carbocycles. The van der Waals surface area contributed by atoms with Crippen molar-refractivity contribution in [2.45, 2.75) is 33.4 Å². The summed E-state index contributed by atoms with van der Waals surface area (Å²) < 4.78 is 8.15. The normalized spacial score (nSPS) is 11.0. The van der Waals surface area contributed by atoms with Gasteiger partial charge in [0.15, 0.2) is 0 Å². The number of nitrogens with zero attached hydrogens (tertiary/aromatic N) is 2. The number of carbonyl (C=O) groups is 2. The fourth-order valence-electron chi connectivity index (χ4n) is 2.38. The number of carboxylic acids is 1. The molecular formula is C16H19BrN2O4. The van der Waals surface area contributed by atoms with Crippen molar-refractivity contribution in [1.29, 1.82) is 0 Å². The Morgan fingerprint density at radius 3 is 2.57 bits per heavy atom. The van der Waals surface area contributed by atoms with E-state index in [0.29, 0.717) is 17.2 Å². The number of rotatable bonds is 5. The second-order valence-corrected chi connectivity index (χ2v) is 6.61. The highest BCUT2D eigenvalue weighted by atomic mass is 79.9. The molecular weight excluding hydrogens is 364 g/mol. The van der Waals surface area contributed by atoms with Crippen LogP contribution in [0.4, 0.5) is 0 Å². The minimum atomic E-state index is -1.04. The summed E-state index contributed by atoms with van der Waals surface area (Å²) in [5.41, 5.74) is 0.685. The molecule has 2 heterocycles. The maximum Gasteiger partial charge on any atom is 0.339 e. The first-order valence-corrected chi connectivity index (χ1v) is 7.95. The average Bonchev–Trinajstić information content (AvgIpc) is 3.01. The van der Waals surface area contributed by atoms with E-state index in [9.17, 15) is 9.59 Å². The van der Waals surface area contributed by atoms with Crippen molar-refractivity contribution in [3.8, 4) is 0 Å². The van der Waals surface area contributed by atoms with Gasteiger partial charge in [0.05, 0.1) is 6.54 Å². The maximum absolute atomic E-state index is 12.6. The zero-order chi connectivity index (χ0) is 17.3. The van der Waals surface area contributed by atoms with Crippen LogP contribution in [0.2, 0.25) is 0 Å². The molecule has 0 aliphatic rings. The van der Waals surface area contributed by atoms with Gasteiger partial charge in [-0.1, -0.05) is 0 Å². The van der Waals surface area contributed by atoms with Gasteiger partial charge in [0.2, 0.25) is 0 Å². The van der Waals surface area contributed by atoms with Crippen molar-refractivity contribution in [1.82, 2.24) is 9.47 Å². The molecule has 0 aliphatic carbocycles. The fourth-order valence-corrected chi connectivity index (χ4v) is 2.82. The summed E-state index contributed by atoms with van der Waals surface area (Å²) >= 11 is 3.39. The number of aryl methyl sites for hydroxylation is 1. The van der Waals surface area contributed by atoms with Crippen molar-refractivity contribution < 1.29 is 19.1 Å². The van der Waals surface area contributed by atoms with Gasteiger partial charge in [0, 0.05) is 23.8 Å². The van der Waals surface area contributed by atoms with Gasteiger partial charge in [-0.3, -0.25) is 4.79 Å². The fraction of sp³-hybridized carbons (Fsp3) is 0.375. The van der Waals surface area contributed by atoms with Crippen LogP contribution in [0.15, 0.2) is 27.2 Å². The van der Waals surface area contributed by atoms with Crippen LogP contribution < -0.4 is 0 Å². The van der Waals surface area contributed by atoms with E-state index in [0.717, 1.165) is 4.47 Å². The molecule has 0 saturated heterocycles. The Morgan fingerprint density at radius 1 is 1.39 bits per heavy atom. The van der Waals surface area contributed by atoms with Gasteiger partial charge in [-0.2, -0.15) is 0 Å². The third kappa shape index (κ3) is 3.67. The van der Waals surface area contributed by atoms with E-state index in [-0.39, 0.29) is 24.1 Å². The van der Waals surface area contributed by atoms with Gasteiger partial charge in [-0.05, 0) is 48.8 Å². The summed E-state index contributed by atoms with van der Waals surface area (Å²) in [5.74, 6) is -0.418. The smallest absolute Gasteiger partial charge is 0.339 e. The summed E-state index contributed by atoms with van der Waals surface area (Å²) in [6.07, 6.45) is 1.87. The predicted molar refractivity (Wildman–Crippen MR) is 88.7 cm³/mol. The largest absolute Gasteiger partial charge is 0.478 e. The van der Waals surface area contributed by atoms with Crippen LogP contribution in [0.5, 0.6) is 0 Å². The van der Waals surface area contributed by atoms with Gasteiger partial charge >= 0.3 is 5.97 Å². The Hall–Kier alpha value is -2.02. The van der Waals surface area contributed by atoms with Crippen molar-refractivity contribution >= 4 is 27.8 Å². The van der Waals surface area contributed by atoms with Crippen molar-refractivity contribution in [3.63, 3.8) is 0 Å². The molecule has 0 fully saturated rings. The Balaban J connectivity index is 2.21. The first-order chi connectivity index (χ1) is 10.7. The number of carbonyl (C=O) groups excluding carboxylic acids is 1. The van der Waals surface area contributed by atoms with Gasteiger partial charge in [-0.25, -0.2) is 4.79 Å². The minimum absolute atomic E-state index is 0.120. The molecule has 1 N–H and O–H groups in total. The third-order valence-electron chi connectivity index (χ3n) is 3.53. The van der Waals surface area contributed by atoms with E-state index >= 15 is 0 Å². The standard InChI is InChI=1S/C16H19BrN2O4/c1-9(2)19-7-11(17)5-14(19)15(20)18(4)8-12-6-13(16(21)22)10(3)23-12/h5-7,9H,8H2,1-4H3,(H,21,22). The van der Waals surface area contributed by atoms with Crippen LogP contribution in [0.25, 0.3) is 0 Å². The highest BCUT2D eigenvalue weighted by Crippen LogP contribution is 2.22. The third-order valence-corrected chi connectivity index (χ3v) is 3.96. The molecule has 2 rings (SSSR count). The minimum Gasteiger partial charge on any atom is -0.478 e. The number of halogens is 1. The van der Waals surface area contributed by atoms with Gasteiger partial charge in [-0.15, -0.1) is 0 Å². The summed E-state index contributed by atoms with van der Waals surface area (Å²) in [5, 5.41) is 9.05.